The van der Waals surface area contributed by atoms with E-state index >= 15 is 0 Å². The SMILES string of the molecule is O=C(Cc1cc2ccccc2o1)OO. The fourth-order valence-corrected chi connectivity index (χ4v) is 1.30. The van der Waals surface area contributed by atoms with Crippen LogP contribution in [0.2, 0.25) is 0 Å². The van der Waals surface area contributed by atoms with Gasteiger partial charge in [0.2, 0.25) is 0 Å². The van der Waals surface area contributed by atoms with Gasteiger partial charge < -0.3 is 9.30 Å². The van der Waals surface area contributed by atoms with Gasteiger partial charge in [-0.2, -0.15) is 5.26 Å². The molecular formula is C10H8O4. The molecule has 4 nitrogen and oxygen atoms in total. The number of carbonyl (C=O) groups excluding carboxylic acids is 1. The van der Waals surface area contributed by atoms with Crippen molar-refractivity contribution in [3.8, 4) is 0 Å². The lowest BCUT2D eigenvalue weighted by molar-refractivity contribution is -0.233. The zero-order valence-corrected chi connectivity index (χ0v) is 7.27. The lowest BCUT2D eigenvalue weighted by atomic mass is 10.2. The molecule has 0 saturated heterocycles. The first-order valence-corrected chi connectivity index (χ1v) is 4.11. The van der Waals surface area contributed by atoms with Crippen LogP contribution in [0.1, 0.15) is 5.76 Å². The van der Waals surface area contributed by atoms with E-state index in [2.05, 4.69) is 4.89 Å². The molecule has 0 atom stereocenters. The van der Waals surface area contributed by atoms with E-state index in [1.165, 1.54) is 0 Å². The van der Waals surface area contributed by atoms with Crippen LogP contribution >= 0.6 is 0 Å². The van der Waals surface area contributed by atoms with E-state index in [1.54, 1.807) is 6.07 Å². The van der Waals surface area contributed by atoms with Gasteiger partial charge in [-0.1, -0.05) is 18.2 Å². The summed E-state index contributed by atoms with van der Waals surface area (Å²) in [5.74, 6) is -0.255. The van der Waals surface area contributed by atoms with Gasteiger partial charge in [0.1, 0.15) is 17.8 Å². The Balaban J connectivity index is 2.31. The molecule has 0 unspecified atom stereocenters. The largest absolute Gasteiger partial charge is 0.460 e. The maximum absolute atomic E-state index is 10.7. The molecule has 2 rings (SSSR count). The Kier molecular flexibility index (Phi) is 2.20. The second-order valence-electron chi connectivity index (χ2n) is 2.89. The summed E-state index contributed by atoms with van der Waals surface area (Å²) in [5.41, 5.74) is 0.716. The first kappa shape index (κ1) is 8.77. The summed E-state index contributed by atoms with van der Waals surface area (Å²) in [6.07, 6.45) is -0.0643. The third kappa shape index (κ3) is 1.60. The Labute approximate surface area is 79.6 Å². The van der Waals surface area contributed by atoms with Crippen molar-refractivity contribution in [2.75, 3.05) is 0 Å². The van der Waals surface area contributed by atoms with E-state index in [-0.39, 0.29) is 6.42 Å². The van der Waals surface area contributed by atoms with E-state index in [0.29, 0.717) is 11.3 Å². The highest BCUT2D eigenvalue weighted by atomic mass is 17.1. The van der Waals surface area contributed by atoms with Crippen LogP contribution in [0.25, 0.3) is 11.0 Å². The molecule has 1 heterocycles. The minimum atomic E-state index is -0.732. The average Bonchev–Trinajstić information content (AvgIpc) is 2.59. The molecular weight excluding hydrogens is 184 g/mol. The van der Waals surface area contributed by atoms with Crippen molar-refractivity contribution in [3.05, 3.63) is 36.1 Å². The van der Waals surface area contributed by atoms with E-state index < -0.39 is 5.97 Å². The molecule has 72 valence electrons. The minimum Gasteiger partial charge on any atom is -0.460 e. The molecule has 0 saturated carbocycles. The quantitative estimate of drug-likeness (QED) is 0.583. The highest BCUT2D eigenvalue weighted by Gasteiger charge is 2.09. The van der Waals surface area contributed by atoms with Crippen molar-refractivity contribution in [1.82, 2.24) is 0 Å². The van der Waals surface area contributed by atoms with Crippen molar-refractivity contribution in [1.29, 1.82) is 0 Å². The van der Waals surface area contributed by atoms with Gasteiger partial charge >= 0.3 is 5.97 Å². The van der Waals surface area contributed by atoms with Gasteiger partial charge in [-0.05, 0) is 12.1 Å². The number of rotatable bonds is 2. The fourth-order valence-electron chi connectivity index (χ4n) is 1.30. The third-order valence-corrected chi connectivity index (χ3v) is 1.90. The van der Waals surface area contributed by atoms with Gasteiger partial charge in [0, 0.05) is 5.39 Å². The molecule has 0 spiro atoms. The molecule has 0 fully saturated rings. The number of hydrogen-bond donors (Lipinski definition) is 1. The lowest BCUT2D eigenvalue weighted by Gasteiger charge is -1.90. The van der Waals surface area contributed by atoms with Crippen LogP contribution in [-0.4, -0.2) is 11.2 Å². The summed E-state index contributed by atoms with van der Waals surface area (Å²) in [5, 5.41) is 9.00. The minimum absolute atomic E-state index is 0.0643. The molecule has 1 aromatic carbocycles. The Morgan fingerprint density at radius 2 is 2.21 bits per heavy atom. The van der Waals surface area contributed by atoms with Crippen LogP contribution in [0.3, 0.4) is 0 Å². The highest BCUT2D eigenvalue weighted by molar-refractivity contribution is 5.79. The van der Waals surface area contributed by atoms with Gasteiger partial charge in [0.25, 0.3) is 0 Å². The molecule has 1 aromatic heterocycles. The molecule has 0 amide bonds. The summed E-state index contributed by atoms with van der Waals surface area (Å²) < 4.78 is 5.33. The summed E-state index contributed by atoms with van der Waals surface area (Å²) in [7, 11) is 0. The van der Waals surface area contributed by atoms with E-state index in [0.717, 1.165) is 5.39 Å². The number of carbonyl (C=O) groups is 1. The Hall–Kier alpha value is -1.81. The van der Waals surface area contributed by atoms with Gasteiger partial charge in [-0.25, -0.2) is 4.79 Å². The number of para-hydroxylation sites is 1. The van der Waals surface area contributed by atoms with Crippen LogP contribution in [0.4, 0.5) is 0 Å². The predicted molar refractivity (Wildman–Crippen MR) is 48.6 cm³/mol. The first-order chi connectivity index (χ1) is 6.79. The highest BCUT2D eigenvalue weighted by Crippen LogP contribution is 2.19. The van der Waals surface area contributed by atoms with Crippen LogP contribution in [-0.2, 0) is 16.1 Å². The van der Waals surface area contributed by atoms with Crippen molar-refractivity contribution < 1.29 is 19.4 Å². The van der Waals surface area contributed by atoms with Gasteiger partial charge in [0.15, 0.2) is 0 Å². The normalized spacial score (nSPS) is 10.4. The summed E-state index contributed by atoms with van der Waals surface area (Å²) in [4.78, 5) is 14.3. The van der Waals surface area contributed by atoms with Crippen LogP contribution < -0.4 is 0 Å². The molecule has 2 aromatic rings. The molecule has 4 heteroatoms. The zero-order valence-electron chi connectivity index (χ0n) is 7.27. The smallest absolute Gasteiger partial charge is 0.349 e. The van der Waals surface area contributed by atoms with Crippen LogP contribution in [0.5, 0.6) is 0 Å². The topological polar surface area (TPSA) is 59.7 Å². The summed E-state index contributed by atoms with van der Waals surface area (Å²) in [6, 6.07) is 9.16. The summed E-state index contributed by atoms with van der Waals surface area (Å²) in [6.45, 7) is 0. The van der Waals surface area contributed by atoms with E-state index in [4.69, 9.17) is 9.67 Å². The Morgan fingerprint density at radius 3 is 2.93 bits per heavy atom. The number of benzene rings is 1. The summed E-state index contributed by atoms with van der Waals surface area (Å²) >= 11 is 0. The molecule has 0 radical (unpaired) electrons. The maximum Gasteiger partial charge on any atom is 0.349 e. The lowest BCUT2D eigenvalue weighted by Crippen LogP contribution is -2.03. The third-order valence-electron chi connectivity index (χ3n) is 1.90. The molecule has 0 bridgehead atoms. The van der Waals surface area contributed by atoms with Crippen molar-refractivity contribution in [2.24, 2.45) is 0 Å². The predicted octanol–water partition coefficient (Wildman–Crippen LogP) is 1.99. The Bertz CT molecular complexity index is 425. The molecule has 0 aliphatic carbocycles. The van der Waals surface area contributed by atoms with Crippen molar-refractivity contribution >= 4 is 16.9 Å². The van der Waals surface area contributed by atoms with Crippen molar-refractivity contribution in [2.45, 2.75) is 6.42 Å². The standard InChI is InChI=1S/C10H8O4/c11-10(14-12)6-8-5-7-3-1-2-4-9(7)13-8/h1-5,12H,6H2. The molecule has 14 heavy (non-hydrogen) atoms. The monoisotopic (exact) mass is 192 g/mol. The number of hydrogen-bond acceptors (Lipinski definition) is 4. The van der Waals surface area contributed by atoms with Gasteiger partial charge in [0.05, 0.1) is 0 Å². The van der Waals surface area contributed by atoms with Crippen LogP contribution in [0.15, 0.2) is 34.7 Å². The average molecular weight is 192 g/mol. The molecule has 1 N–H and O–H groups in total. The van der Waals surface area contributed by atoms with Crippen LogP contribution in [0, 0.1) is 0 Å². The second kappa shape index (κ2) is 3.51. The van der Waals surface area contributed by atoms with Gasteiger partial charge in [-0.3, -0.25) is 0 Å². The number of furan rings is 1. The van der Waals surface area contributed by atoms with E-state index in [1.807, 2.05) is 24.3 Å². The number of fused-ring (bicyclic) bond motifs is 1. The fraction of sp³-hybridized carbons (Fsp3) is 0.100. The first-order valence-electron chi connectivity index (χ1n) is 4.11. The second-order valence-corrected chi connectivity index (χ2v) is 2.89. The zero-order chi connectivity index (χ0) is 9.97. The van der Waals surface area contributed by atoms with Gasteiger partial charge in [-0.15, -0.1) is 0 Å². The maximum atomic E-state index is 10.7. The van der Waals surface area contributed by atoms with Crippen molar-refractivity contribution in [3.63, 3.8) is 0 Å². The van der Waals surface area contributed by atoms with E-state index in [9.17, 15) is 4.79 Å². The molecule has 0 aliphatic heterocycles. The molecule has 0 aliphatic rings. The Morgan fingerprint density at radius 1 is 1.43 bits per heavy atom.